The number of hydrogen-bond donors (Lipinski definition) is 0. The molecule has 22 heavy (non-hydrogen) atoms. The molecule has 2 heterocycles. The molecule has 0 saturated heterocycles. The Bertz CT molecular complexity index is 812. The van der Waals surface area contributed by atoms with Gasteiger partial charge in [-0.15, -0.1) is 0 Å². The maximum Gasteiger partial charge on any atom is 0.359 e. The molecule has 0 fully saturated rings. The maximum atomic E-state index is 12.1. The fourth-order valence-corrected chi connectivity index (χ4v) is 2.94. The van der Waals surface area contributed by atoms with Crippen LogP contribution in [0.2, 0.25) is 0 Å². The quantitative estimate of drug-likeness (QED) is 0.608. The normalized spacial score (nSPS) is 18.2. The minimum Gasteiger partial charge on any atom is -0.566 e. The van der Waals surface area contributed by atoms with Crippen molar-refractivity contribution in [2.45, 2.75) is 0 Å². The van der Waals surface area contributed by atoms with E-state index in [1.807, 2.05) is 29.8 Å². The fraction of sp³-hybridized carbons (Fsp3) is 0.214. The summed E-state index contributed by atoms with van der Waals surface area (Å²) in [6.07, 6.45) is 3.29. The second kappa shape index (κ2) is 5.47. The van der Waals surface area contributed by atoms with Crippen LogP contribution in [0, 0.1) is 0 Å². The van der Waals surface area contributed by atoms with Gasteiger partial charge in [-0.25, -0.2) is 9.78 Å². The number of hydrogen-bond acceptors (Lipinski definition) is 6. The molecule has 1 aromatic heterocycles. The summed E-state index contributed by atoms with van der Waals surface area (Å²) in [7, 11) is 4.72. The molecule has 0 N–H and O–H groups in total. The molecule has 3 rings (SSSR count). The van der Waals surface area contributed by atoms with Crippen molar-refractivity contribution < 1.29 is 14.1 Å². The Morgan fingerprint density at radius 2 is 2.14 bits per heavy atom. The summed E-state index contributed by atoms with van der Waals surface area (Å²) < 4.78 is 24.1. The second-order valence-electron chi connectivity index (χ2n) is 4.78. The van der Waals surface area contributed by atoms with Gasteiger partial charge in [-0.3, -0.25) is 0 Å². The van der Waals surface area contributed by atoms with E-state index in [4.69, 9.17) is 4.74 Å². The number of carbonyl (C=O) groups excluding carboxylic acids is 1. The largest absolute Gasteiger partial charge is 0.566 e. The Balaban J connectivity index is 2.06. The molecule has 0 bridgehead atoms. The molecule has 114 valence electrons. The summed E-state index contributed by atoms with van der Waals surface area (Å²) in [5.41, 5.74) is 3.20. The zero-order valence-electron chi connectivity index (χ0n) is 12.3. The van der Waals surface area contributed by atoms with Crippen LogP contribution in [0.3, 0.4) is 0 Å². The number of imidazole rings is 1. The van der Waals surface area contributed by atoms with Crippen molar-refractivity contribution in [3.63, 3.8) is 0 Å². The Morgan fingerprint density at radius 1 is 1.36 bits per heavy atom. The van der Waals surface area contributed by atoms with Gasteiger partial charge in [0.1, 0.15) is 5.71 Å². The van der Waals surface area contributed by atoms with Gasteiger partial charge in [-0.2, -0.15) is 4.31 Å². The number of allylic oxidation sites excluding steroid dienone is 1. The van der Waals surface area contributed by atoms with E-state index in [1.54, 1.807) is 12.4 Å². The molecule has 1 aliphatic heterocycles. The minimum absolute atomic E-state index is 0.201. The summed E-state index contributed by atoms with van der Waals surface area (Å²) in [5, 5.41) is 0. The van der Waals surface area contributed by atoms with E-state index in [2.05, 4.69) is 9.38 Å². The lowest BCUT2D eigenvalue weighted by Crippen LogP contribution is -2.33. The highest BCUT2D eigenvalue weighted by Crippen LogP contribution is 2.22. The van der Waals surface area contributed by atoms with E-state index in [9.17, 15) is 9.35 Å². The molecule has 2 aromatic rings. The zero-order chi connectivity index (χ0) is 15.9. The number of ether oxygens (including phenoxy) is 1. The van der Waals surface area contributed by atoms with Gasteiger partial charge >= 0.3 is 5.97 Å². The average molecular weight is 318 g/mol. The lowest BCUT2D eigenvalue weighted by atomic mass is 10.1. The number of esters is 1. The number of fused-ring (bicyclic) bond motifs is 1. The van der Waals surface area contributed by atoms with Crippen LogP contribution >= 0.6 is 0 Å². The Kier molecular flexibility index (Phi) is 3.63. The van der Waals surface area contributed by atoms with Crippen molar-refractivity contribution in [3.8, 4) is 0 Å². The third-order valence-corrected chi connectivity index (χ3v) is 4.46. The molecule has 1 aliphatic rings. The zero-order valence-corrected chi connectivity index (χ0v) is 13.1. The molecule has 0 amide bonds. The topological polar surface area (TPSA) is 82.8 Å². The minimum atomic E-state index is -1.67. The van der Waals surface area contributed by atoms with Gasteiger partial charge in [0, 0.05) is 18.7 Å². The van der Waals surface area contributed by atoms with E-state index in [-0.39, 0.29) is 5.70 Å². The Labute approximate surface area is 130 Å². The van der Waals surface area contributed by atoms with Gasteiger partial charge in [0.15, 0.2) is 5.70 Å². The van der Waals surface area contributed by atoms with E-state index >= 15 is 0 Å². The van der Waals surface area contributed by atoms with Crippen molar-refractivity contribution in [3.05, 3.63) is 41.9 Å². The smallest absolute Gasteiger partial charge is 0.359 e. The number of likely N-dealkylation sites (N-methyl/N-ethyl adjacent to an activating group) is 1. The van der Waals surface area contributed by atoms with Crippen LogP contribution in [0.5, 0.6) is 0 Å². The third-order valence-electron chi connectivity index (χ3n) is 3.44. The molecule has 8 heteroatoms. The first-order valence-corrected chi connectivity index (χ1v) is 7.53. The number of aromatic nitrogens is 2. The van der Waals surface area contributed by atoms with Crippen molar-refractivity contribution >= 4 is 34.3 Å². The number of aryl methyl sites for hydroxylation is 1. The SMILES string of the molecule is COC(=O)C1=CC(c2ccc3c(c2)ncn3C)=N[S+]([O-])N1C. The standard InChI is InChI=1S/C14H14N4O3S/c1-17-8-15-11-6-9(4-5-12(11)17)10-7-13(14(19)21-3)18(2)22(20)16-10/h4-8H,1-3H3. The molecule has 0 aliphatic carbocycles. The first kappa shape index (κ1) is 14.6. The van der Waals surface area contributed by atoms with E-state index in [0.717, 1.165) is 16.6 Å². The molecular formula is C14H14N4O3S. The number of carbonyl (C=O) groups is 1. The maximum absolute atomic E-state index is 12.1. The van der Waals surface area contributed by atoms with Crippen LogP contribution in [0.4, 0.5) is 0 Å². The van der Waals surface area contributed by atoms with E-state index in [0.29, 0.717) is 5.71 Å². The second-order valence-corrected chi connectivity index (χ2v) is 5.98. The van der Waals surface area contributed by atoms with Crippen molar-refractivity contribution in [1.29, 1.82) is 0 Å². The van der Waals surface area contributed by atoms with Gasteiger partial charge in [0.05, 0.1) is 31.5 Å². The van der Waals surface area contributed by atoms with Gasteiger partial charge in [0.2, 0.25) is 11.5 Å². The summed E-state index contributed by atoms with van der Waals surface area (Å²) in [4.78, 5) is 16.1. The number of benzene rings is 1. The van der Waals surface area contributed by atoms with Gasteiger partial charge in [0.25, 0.3) is 0 Å². The average Bonchev–Trinajstić information content (AvgIpc) is 2.90. The summed E-state index contributed by atoms with van der Waals surface area (Å²) >= 11 is -1.67. The number of nitrogens with zero attached hydrogens (tertiary/aromatic N) is 4. The lowest BCUT2D eigenvalue weighted by Gasteiger charge is -2.22. The van der Waals surface area contributed by atoms with Gasteiger partial charge < -0.3 is 13.9 Å². The first-order valence-electron chi connectivity index (χ1n) is 6.47. The van der Waals surface area contributed by atoms with E-state index < -0.39 is 17.5 Å². The molecule has 0 spiro atoms. The molecule has 0 radical (unpaired) electrons. The monoisotopic (exact) mass is 318 g/mol. The number of methoxy groups -OCH3 is 1. The fourth-order valence-electron chi connectivity index (χ4n) is 2.20. The highest BCUT2D eigenvalue weighted by molar-refractivity contribution is 7.88. The molecule has 7 nitrogen and oxygen atoms in total. The van der Waals surface area contributed by atoms with Crippen LogP contribution < -0.4 is 0 Å². The molecule has 1 atom stereocenters. The highest BCUT2D eigenvalue weighted by atomic mass is 32.2. The molecular weight excluding hydrogens is 304 g/mol. The lowest BCUT2D eigenvalue weighted by molar-refractivity contribution is -0.137. The van der Waals surface area contributed by atoms with E-state index in [1.165, 1.54) is 18.5 Å². The molecule has 1 aromatic carbocycles. The van der Waals surface area contributed by atoms with Gasteiger partial charge in [-0.05, 0) is 16.5 Å². The van der Waals surface area contributed by atoms with Gasteiger partial charge in [-0.1, -0.05) is 6.07 Å². The van der Waals surface area contributed by atoms with Crippen molar-refractivity contribution in [2.75, 3.05) is 14.2 Å². The Morgan fingerprint density at radius 3 is 2.86 bits per heavy atom. The summed E-state index contributed by atoms with van der Waals surface area (Å²) in [5.74, 6) is -0.554. The third kappa shape index (κ3) is 2.36. The molecule has 1 unspecified atom stereocenters. The van der Waals surface area contributed by atoms with Crippen LogP contribution in [0.15, 0.2) is 40.7 Å². The summed E-state index contributed by atoms with van der Waals surface area (Å²) in [6.45, 7) is 0. The Hall–Kier alpha value is -2.32. The number of rotatable bonds is 2. The predicted octanol–water partition coefficient (Wildman–Crippen LogP) is 0.943. The van der Waals surface area contributed by atoms with Crippen LogP contribution in [0.25, 0.3) is 11.0 Å². The summed E-state index contributed by atoms with van der Waals surface area (Å²) in [6, 6.07) is 5.62. The molecule has 0 saturated carbocycles. The highest BCUT2D eigenvalue weighted by Gasteiger charge is 2.30. The van der Waals surface area contributed by atoms with Crippen molar-refractivity contribution in [2.24, 2.45) is 11.4 Å². The van der Waals surface area contributed by atoms with Crippen LogP contribution in [-0.2, 0) is 28.1 Å². The predicted molar refractivity (Wildman–Crippen MR) is 83.3 cm³/mol. The van der Waals surface area contributed by atoms with Crippen LogP contribution in [0.1, 0.15) is 5.56 Å². The van der Waals surface area contributed by atoms with Crippen molar-refractivity contribution in [1.82, 2.24) is 13.9 Å². The van der Waals surface area contributed by atoms with Crippen LogP contribution in [-0.4, -0.2) is 44.2 Å². The first-order chi connectivity index (χ1) is 10.5.